The fourth-order valence-electron chi connectivity index (χ4n) is 2.09. The fraction of sp³-hybridized carbons (Fsp3) is 0.923. The van der Waals surface area contributed by atoms with E-state index < -0.39 is 5.54 Å². The van der Waals surface area contributed by atoms with Crippen LogP contribution in [0, 0.1) is 0 Å². The minimum absolute atomic E-state index is 0.0839. The number of hydrogen-bond donors (Lipinski definition) is 0. The van der Waals surface area contributed by atoms with Crippen LogP contribution < -0.4 is 0 Å². The number of ether oxygens (including phenoxy) is 1. The van der Waals surface area contributed by atoms with Crippen LogP contribution >= 0.6 is 0 Å². The summed E-state index contributed by atoms with van der Waals surface area (Å²) in [5, 5.41) is 0. The number of nitrogens with zero attached hydrogens (tertiary/aromatic N) is 1. The third-order valence-electron chi connectivity index (χ3n) is 3.31. The molecule has 0 aliphatic heterocycles. The monoisotopic (exact) mass is 229 g/mol. The lowest BCUT2D eigenvalue weighted by Crippen LogP contribution is -2.51. The Labute approximate surface area is 100 Å². The molecule has 0 amide bonds. The van der Waals surface area contributed by atoms with Gasteiger partial charge in [-0.3, -0.25) is 9.69 Å². The first-order valence-corrected chi connectivity index (χ1v) is 6.31. The van der Waals surface area contributed by atoms with E-state index in [4.69, 9.17) is 4.74 Å². The number of methoxy groups -OCH3 is 1. The van der Waals surface area contributed by atoms with Crippen molar-refractivity contribution < 1.29 is 9.53 Å². The van der Waals surface area contributed by atoms with Crippen LogP contribution in [0.3, 0.4) is 0 Å². The normalized spacial score (nSPS) is 11.9. The standard InChI is InChI=1S/C13H27NO2/c1-6-8-10-13(14(3)4,11-9-7-2)12(15)16-5/h6-11H2,1-5H3. The summed E-state index contributed by atoms with van der Waals surface area (Å²) in [6.45, 7) is 4.30. The molecule has 0 saturated carbocycles. The van der Waals surface area contributed by atoms with Crippen molar-refractivity contribution in [2.75, 3.05) is 21.2 Å². The molecule has 0 aliphatic rings. The van der Waals surface area contributed by atoms with Gasteiger partial charge in [0.2, 0.25) is 0 Å². The molecule has 0 atom stereocenters. The maximum Gasteiger partial charge on any atom is 0.326 e. The van der Waals surface area contributed by atoms with Gasteiger partial charge in [0.15, 0.2) is 0 Å². The molecule has 0 aromatic carbocycles. The van der Waals surface area contributed by atoms with Gasteiger partial charge in [-0.05, 0) is 26.9 Å². The van der Waals surface area contributed by atoms with Gasteiger partial charge in [-0.2, -0.15) is 0 Å². The maximum absolute atomic E-state index is 12.0. The van der Waals surface area contributed by atoms with Crippen LogP contribution in [0.15, 0.2) is 0 Å². The van der Waals surface area contributed by atoms with Crippen LogP contribution in [0.5, 0.6) is 0 Å². The van der Waals surface area contributed by atoms with Crippen molar-refractivity contribution in [1.82, 2.24) is 4.90 Å². The quantitative estimate of drug-likeness (QED) is 0.599. The van der Waals surface area contributed by atoms with Crippen molar-refractivity contribution in [3.63, 3.8) is 0 Å². The average Bonchev–Trinajstić information content (AvgIpc) is 2.28. The summed E-state index contributed by atoms with van der Waals surface area (Å²) < 4.78 is 4.99. The molecule has 0 aromatic rings. The number of carbonyl (C=O) groups is 1. The second-order valence-corrected chi connectivity index (χ2v) is 4.62. The van der Waals surface area contributed by atoms with Gasteiger partial charge in [0, 0.05) is 0 Å². The van der Waals surface area contributed by atoms with E-state index in [0.29, 0.717) is 0 Å². The number of rotatable bonds is 8. The van der Waals surface area contributed by atoms with Gasteiger partial charge >= 0.3 is 5.97 Å². The number of unbranched alkanes of at least 4 members (excludes halogenated alkanes) is 2. The lowest BCUT2D eigenvalue weighted by Gasteiger charge is -2.37. The first-order chi connectivity index (χ1) is 7.55. The molecule has 96 valence electrons. The molecular formula is C13H27NO2. The molecule has 3 nitrogen and oxygen atoms in total. The van der Waals surface area contributed by atoms with Gasteiger partial charge in [-0.15, -0.1) is 0 Å². The van der Waals surface area contributed by atoms with Gasteiger partial charge in [0.25, 0.3) is 0 Å². The van der Waals surface area contributed by atoms with Crippen molar-refractivity contribution in [3.8, 4) is 0 Å². The van der Waals surface area contributed by atoms with Gasteiger partial charge in [0.1, 0.15) is 5.54 Å². The van der Waals surface area contributed by atoms with Gasteiger partial charge in [-0.25, -0.2) is 0 Å². The largest absolute Gasteiger partial charge is 0.468 e. The van der Waals surface area contributed by atoms with Crippen molar-refractivity contribution in [3.05, 3.63) is 0 Å². The van der Waals surface area contributed by atoms with Crippen molar-refractivity contribution >= 4 is 5.97 Å². The minimum Gasteiger partial charge on any atom is -0.468 e. The predicted molar refractivity (Wildman–Crippen MR) is 67.5 cm³/mol. The Morgan fingerprint density at radius 2 is 1.56 bits per heavy atom. The molecule has 0 bridgehead atoms. The molecule has 3 heteroatoms. The highest BCUT2D eigenvalue weighted by Crippen LogP contribution is 2.28. The first-order valence-electron chi connectivity index (χ1n) is 6.31. The molecule has 0 radical (unpaired) electrons. The topological polar surface area (TPSA) is 29.5 Å². The Kier molecular flexibility index (Phi) is 7.39. The van der Waals surface area contributed by atoms with Crippen molar-refractivity contribution in [2.24, 2.45) is 0 Å². The van der Waals surface area contributed by atoms with Crippen molar-refractivity contribution in [1.29, 1.82) is 0 Å². The maximum atomic E-state index is 12.0. The van der Waals surface area contributed by atoms with E-state index in [0.717, 1.165) is 38.5 Å². The van der Waals surface area contributed by atoms with Gasteiger partial charge in [0.05, 0.1) is 7.11 Å². The third kappa shape index (κ3) is 3.78. The Balaban J connectivity index is 4.81. The summed E-state index contributed by atoms with van der Waals surface area (Å²) >= 11 is 0. The number of hydrogen-bond acceptors (Lipinski definition) is 3. The van der Waals surface area contributed by atoms with E-state index >= 15 is 0 Å². The summed E-state index contributed by atoms with van der Waals surface area (Å²) in [5.74, 6) is -0.0839. The second-order valence-electron chi connectivity index (χ2n) is 4.62. The Morgan fingerprint density at radius 3 is 1.81 bits per heavy atom. The minimum atomic E-state index is -0.416. The van der Waals surface area contributed by atoms with Crippen LogP contribution in [0.2, 0.25) is 0 Å². The molecule has 0 heterocycles. The lowest BCUT2D eigenvalue weighted by atomic mass is 9.86. The van der Waals surface area contributed by atoms with E-state index in [2.05, 4.69) is 13.8 Å². The summed E-state index contributed by atoms with van der Waals surface area (Å²) in [7, 11) is 5.43. The molecule has 0 fully saturated rings. The van der Waals surface area contributed by atoms with Crippen LogP contribution in [-0.2, 0) is 9.53 Å². The zero-order valence-corrected chi connectivity index (χ0v) is 11.5. The molecule has 16 heavy (non-hydrogen) atoms. The summed E-state index contributed by atoms with van der Waals surface area (Å²) in [6.07, 6.45) is 6.14. The first kappa shape index (κ1) is 15.4. The van der Waals surface area contributed by atoms with Crippen LogP contribution in [0.25, 0.3) is 0 Å². The smallest absolute Gasteiger partial charge is 0.326 e. The highest BCUT2D eigenvalue weighted by Gasteiger charge is 2.40. The second kappa shape index (κ2) is 7.66. The van der Waals surface area contributed by atoms with Crippen LogP contribution in [0.1, 0.15) is 52.4 Å². The number of likely N-dealkylation sites (N-methyl/N-ethyl adjacent to an activating group) is 1. The molecule has 0 aromatic heterocycles. The summed E-state index contributed by atoms with van der Waals surface area (Å²) in [4.78, 5) is 14.1. The third-order valence-corrected chi connectivity index (χ3v) is 3.31. The van der Waals surface area contributed by atoms with Crippen molar-refractivity contribution in [2.45, 2.75) is 57.9 Å². The molecule has 0 saturated heterocycles. The summed E-state index contributed by atoms with van der Waals surface area (Å²) in [5.41, 5.74) is -0.416. The zero-order chi connectivity index (χ0) is 12.6. The number of carbonyl (C=O) groups excluding carboxylic acids is 1. The molecule has 0 aliphatic carbocycles. The highest BCUT2D eigenvalue weighted by molar-refractivity contribution is 5.80. The summed E-state index contributed by atoms with van der Waals surface area (Å²) in [6, 6.07) is 0. The van der Waals surface area contributed by atoms with Gasteiger partial charge < -0.3 is 4.74 Å². The molecule has 0 unspecified atom stereocenters. The van der Waals surface area contributed by atoms with E-state index in [-0.39, 0.29) is 5.97 Å². The number of esters is 1. The highest BCUT2D eigenvalue weighted by atomic mass is 16.5. The van der Waals surface area contributed by atoms with E-state index in [9.17, 15) is 4.79 Å². The van der Waals surface area contributed by atoms with Crippen LogP contribution in [0.4, 0.5) is 0 Å². The zero-order valence-electron chi connectivity index (χ0n) is 11.5. The fourth-order valence-corrected chi connectivity index (χ4v) is 2.09. The lowest BCUT2D eigenvalue weighted by molar-refractivity contribution is -0.155. The van der Waals surface area contributed by atoms with Gasteiger partial charge in [-0.1, -0.05) is 39.5 Å². The average molecular weight is 229 g/mol. The SMILES string of the molecule is CCCCC(CCCC)(C(=O)OC)N(C)C. The molecule has 0 spiro atoms. The molecule has 0 rings (SSSR count). The van der Waals surface area contributed by atoms with E-state index in [1.54, 1.807) is 0 Å². The Morgan fingerprint density at radius 1 is 1.12 bits per heavy atom. The van der Waals surface area contributed by atoms with E-state index in [1.165, 1.54) is 7.11 Å². The van der Waals surface area contributed by atoms with E-state index in [1.807, 2.05) is 19.0 Å². The molecule has 0 N–H and O–H groups in total. The predicted octanol–water partition coefficient (Wildman–Crippen LogP) is 2.84. The molecular weight excluding hydrogens is 202 g/mol. The Hall–Kier alpha value is -0.570. The van der Waals surface area contributed by atoms with Crippen LogP contribution in [-0.4, -0.2) is 37.6 Å². The Bertz CT molecular complexity index is 194.